The number of carbonyl (C=O) groups is 2. The van der Waals surface area contributed by atoms with Crippen molar-refractivity contribution in [1.29, 1.82) is 0 Å². The van der Waals surface area contributed by atoms with Gasteiger partial charge in [-0.3, -0.25) is 4.79 Å². The highest BCUT2D eigenvalue weighted by Crippen LogP contribution is 2.10. The molecule has 0 aromatic rings. The first kappa shape index (κ1) is 15.7. The van der Waals surface area contributed by atoms with Crippen LogP contribution in [0, 0.1) is 0 Å². The molecule has 0 aliphatic heterocycles. The van der Waals surface area contributed by atoms with E-state index in [1.165, 1.54) is 0 Å². The second kappa shape index (κ2) is 7.87. The van der Waals surface area contributed by atoms with Crippen molar-refractivity contribution in [2.75, 3.05) is 0 Å². The highest BCUT2D eigenvalue weighted by atomic mass is 16.5. The van der Waals surface area contributed by atoms with Crippen LogP contribution in [-0.4, -0.2) is 24.1 Å². The van der Waals surface area contributed by atoms with Crippen molar-refractivity contribution in [3.8, 4) is 0 Å². The lowest BCUT2D eigenvalue weighted by Gasteiger charge is -2.12. The molecule has 0 heterocycles. The van der Waals surface area contributed by atoms with Crippen LogP contribution in [0.2, 0.25) is 0 Å². The number of carbonyl (C=O) groups excluding carboxylic acids is 2. The number of esters is 2. The molecule has 0 fully saturated rings. The maximum Gasteiger partial charge on any atom is 0.334 e. The zero-order chi connectivity index (χ0) is 13.4. The van der Waals surface area contributed by atoms with Crippen molar-refractivity contribution in [3.63, 3.8) is 0 Å². The van der Waals surface area contributed by atoms with E-state index in [0.29, 0.717) is 12.0 Å². The first-order chi connectivity index (χ1) is 7.86. The third kappa shape index (κ3) is 7.55. The van der Waals surface area contributed by atoms with E-state index >= 15 is 0 Å². The van der Waals surface area contributed by atoms with Crippen LogP contribution >= 0.6 is 0 Å². The van der Waals surface area contributed by atoms with Gasteiger partial charge in [-0.25, -0.2) is 4.79 Å². The van der Waals surface area contributed by atoms with Gasteiger partial charge in [-0.15, -0.1) is 0 Å². The molecule has 4 nitrogen and oxygen atoms in total. The van der Waals surface area contributed by atoms with Crippen LogP contribution in [0.3, 0.4) is 0 Å². The number of rotatable bonds is 6. The van der Waals surface area contributed by atoms with Gasteiger partial charge in [-0.2, -0.15) is 0 Å². The van der Waals surface area contributed by atoms with E-state index in [4.69, 9.17) is 9.47 Å². The van der Waals surface area contributed by atoms with Gasteiger partial charge in [-0.1, -0.05) is 13.0 Å². The number of hydrogen-bond acceptors (Lipinski definition) is 4. The fourth-order valence-electron chi connectivity index (χ4n) is 1.22. The van der Waals surface area contributed by atoms with Gasteiger partial charge < -0.3 is 9.47 Å². The predicted octanol–water partition coefficient (Wildman–Crippen LogP) is 2.62. The van der Waals surface area contributed by atoms with Crippen LogP contribution in [0.5, 0.6) is 0 Å². The molecule has 0 bridgehead atoms. The van der Waals surface area contributed by atoms with Crippen molar-refractivity contribution in [3.05, 3.63) is 11.6 Å². The summed E-state index contributed by atoms with van der Waals surface area (Å²) in [5.41, 5.74) is 0.367. The first-order valence-electron chi connectivity index (χ1n) is 5.96. The van der Waals surface area contributed by atoms with E-state index in [2.05, 4.69) is 0 Å². The monoisotopic (exact) mass is 242 g/mol. The second-order valence-electron chi connectivity index (χ2n) is 4.31. The minimum absolute atomic E-state index is 0.0302. The summed E-state index contributed by atoms with van der Waals surface area (Å²) >= 11 is 0. The lowest BCUT2D eigenvalue weighted by molar-refractivity contribution is -0.150. The Morgan fingerprint density at radius 3 is 2.00 bits per heavy atom. The van der Waals surface area contributed by atoms with E-state index < -0.39 is 11.9 Å². The van der Waals surface area contributed by atoms with Crippen LogP contribution in [-0.2, 0) is 19.1 Å². The molecule has 0 aliphatic rings. The number of hydrogen-bond donors (Lipinski definition) is 0. The smallest absolute Gasteiger partial charge is 0.334 e. The zero-order valence-corrected chi connectivity index (χ0v) is 11.3. The van der Waals surface area contributed by atoms with Gasteiger partial charge >= 0.3 is 11.9 Å². The van der Waals surface area contributed by atoms with Crippen molar-refractivity contribution in [2.45, 2.75) is 59.7 Å². The minimum atomic E-state index is -0.442. The van der Waals surface area contributed by atoms with Gasteiger partial charge in [0, 0.05) is 5.57 Å². The maximum absolute atomic E-state index is 11.7. The largest absolute Gasteiger partial charge is 0.463 e. The molecule has 0 saturated heterocycles. The van der Waals surface area contributed by atoms with Crippen molar-refractivity contribution < 1.29 is 19.1 Å². The summed E-state index contributed by atoms with van der Waals surface area (Å²) in [5.74, 6) is -0.844. The molecule has 0 N–H and O–H groups in total. The average molecular weight is 242 g/mol. The molecule has 0 radical (unpaired) electrons. The number of allylic oxidation sites excluding steroid dienone is 1. The van der Waals surface area contributed by atoms with Gasteiger partial charge in [0.15, 0.2) is 0 Å². The fraction of sp³-hybridized carbons (Fsp3) is 0.692. The molecule has 0 aliphatic carbocycles. The Balaban J connectivity index is 4.50. The standard InChI is InChI=1S/C13H22O4/c1-6-7-11(13(15)17-10(4)5)8-12(14)16-9(2)3/h7,9-10H,6,8H2,1-5H3. The highest BCUT2D eigenvalue weighted by molar-refractivity contribution is 5.93. The van der Waals surface area contributed by atoms with E-state index in [1.807, 2.05) is 6.92 Å². The molecule has 0 aromatic carbocycles. The normalized spacial score (nSPS) is 11.8. The molecule has 0 unspecified atom stereocenters. The van der Waals surface area contributed by atoms with Gasteiger partial charge in [0.25, 0.3) is 0 Å². The molecule has 0 amide bonds. The lowest BCUT2D eigenvalue weighted by Crippen LogP contribution is -2.18. The molecule has 4 heteroatoms. The third-order valence-corrected chi connectivity index (χ3v) is 1.76. The Morgan fingerprint density at radius 2 is 1.59 bits per heavy atom. The summed E-state index contributed by atoms with van der Waals surface area (Å²) in [6.07, 6.45) is 1.98. The van der Waals surface area contributed by atoms with Gasteiger partial charge in [0.1, 0.15) is 0 Å². The molecule has 0 aromatic heterocycles. The first-order valence-corrected chi connectivity index (χ1v) is 5.96. The molecule has 0 rings (SSSR count). The summed E-state index contributed by atoms with van der Waals surface area (Å²) in [7, 11) is 0. The zero-order valence-electron chi connectivity index (χ0n) is 11.3. The Morgan fingerprint density at radius 1 is 1.06 bits per heavy atom. The summed E-state index contributed by atoms with van der Waals surface area (Å²) in [4.78, 5) is 23.1. The minimum Gasteiger partial charge on any atom is -0.463 e. The molecule has 0 atom stereocenters. The molecule has 98 valence electrons. The third-order valence-electron chi connectivity index (χ3n) is 1.76. The maximum atomic E-state index is 11.7. The topological polar surface area (TPSA) is 52.6 Å². The van der Waals surface area contributed by atoms with Crippen molar-refractivity contribution >= 4 is 11.9 Å². The average Bonchev–Trinajstić information content (AvgIpc) is 2.14. The predicted molar refractivity (Wildman–Crippen MR) is 65.4 cm³/mol. The van der Waals surface area contributed by atoms with Crippen molar-refractivity contribution in [1.82, 2.24) is 0 Å². The van der Waals surface area contributed by atoms with Crippen LogP contribution in [0.1, 0.15) is 47.5 Å². The van der Waals surface area contributed by atoms with Gasteiger partial charge in [0.2, 0.25) is 0 Å². The summed E-state index contributed by atoms with van der Waals surface area (Å²) in [6.45, 7) is 8.99. The van der Waals surface area contributed by atoms with E-state index in [0.717, 1.165) is 0 Å². The van der Waals surface area contributed by atoms with E-state index in [1.54, 1.807) is 33.8 Å². The molecule has 17 heavy (non-hydrogen) atoms. The fourth-order valence-corrected chi connectivity index (χ4v) is 1.22. The summed E-state index contributed by atoms with van der Waals surface area (Å²) < 4.78 is 10.1. The summed E-state index contributed by atoms with van der Waals surface area (Å²) in [6, 6.07) is 0. The van der Waals surface area contributed by atoms with Gasteiger partial charge in [0.05, 0.1) is 18.6 Å². The SMILES string of the molecule is CCC=C(CC(=O)OC(C)C)C(=O)OC(C)C. The van der Waals surface area contributed by atoms with E-state index in [9.17, 15) is 9.59 Å². The quantitative estimate of drug-likeness (QED) is 0.530. The highest BCUT2D eigenvalue weighted by Gasteiger charge is 2.17. The molecular formula is C13H22O4. The van der Waals surface area contributed by atoms with Crippen molar-refractivity contribution in [2.24, 2.45) is 0 Å². The van der Waals surface area contributed by atoms with Crippen LogP contribution in [0.15, 0.2) is 11.6 Å². The molecular weight excluding hydrogens is 220 g/mol. The number of ether oxygens (including phenoxy) is 2. The molecule has 0 spiro atoms. The Bertz CT molecular complexity index is 290. The Hall–Kier alpha value is -1.32. The second-order valence-corrected chi connectivity index (χ2v) is 4.31. The Labute approximate surface area is 103 Å². The Kier molecular flexibility index (Phi) is 7.26. The van der Waals surface area contributed by atoms with Gasteiger partial charge in [-0.05, 0) is 34.1 Å². The van der Waals surface area contributed by atoms with Crippen LogP contribution < -0.4 is 0 Å². The van der Waals surface area contributed by atoms with Crippen LogP contribution in [0.4, 0.5) is 0 Å². The van der Waals surface area contributed by atoms with Crippen LogP contribution in [0.25, 0.3) is 0 Å². The summed E-state index contributed by atoms with van der Waals surface area (Å²) in [5, 5.41) is 0. The molecule has 0 saturated carbocycles. The van der Waals surface area contributed by atoms with E-state index in [-0.39, 0.29) is 18.6 Å². The lowest BCUT2D eigenvalue weighted by atomic mass is 10.1.